The molecule has 2 rings (SSSR count). The molecule has 2 N–H and O–H groups in total. The molecule has 6 heteroatoms. The number of aryl methyl sites for hydroxylation is 1. The number of nitrogens with zero attached hydrogens (tertiary/aromatic N) is 1. The fraction of sp³-hybridized carbons (Fsp3) is 0.562. The number of amides is 1. The van der Waals surface area contributed by atoms with E-state index in [1.807, 2.05) is 19.1 Å². The quantitative estimate of drug-likeness (QED) is 0.853. The van der Waals surface area contributed by atoms with E-state index in [1.165, 1.54) is 11.1 Å². The van der Waals surface area contributed by atoms with Gasteiger partial charge in [-0.05, 0) is 31.4 Å². The van der Waals surface area contributed by atoms with Crippen molar-refractivity contribution in [1.82, 2.24) is 15.5 Å². The van der Waals surface area contributed by atoms with Crippen molar-refractivity contribution >= 4 is 30.7 Å². The number of carbonyl (C=O) groups is 1. The first-order valence-corrected chi connectivity index (χ1v) is 7.45. The van der Waals surface area contributed by atoms with Gasteiger partial charge < -0.3 is 10.6 Å². The predicted octanol–water partition coefficient (Wildman–Crippen LogP) is 1.79. The Bertz CT molecular complexity index is 451. The van der Waals surface area contributed by atoms with Crippen molar-refractivity contribution in [3.05, 3.63) is 35.4 Å². The fourth-order valence-corrected chi connectivity index (χ4v) is 2.59. The SMILES string of the molecule is Cc1ccccc1CCNC(=O)C(C)N1CCNCC1.Cl.Cl. The van der Waals surface area contributed by atoms with Crippen LogP contribution in [0.3, 0.4) is 0 Å². The Morgan fingerprint density at radius 2 is 1.91 bits per heavy atom. The van der Waals surface area contributed by atoms with Gasteiger partial charge in [0.2, 0.25) is 5.91 Å². The van der Waals surface area contributed by atoms with Gasteiger partial charge in [-0.15, -0.1) is 24.8 Å². The summed E-state index contributed by atoms with van der Waals surface area (Å²) in [6.45, 7) is 8.66. The number of halogens is 2. The molecule has 4 nitrogen and oxygen atoms in total. The Morgan fingerprint density at radius 1 is 1.27 bits per heavy atom. The summed E-state index contributed by atoms with van der Waals surface area (Å²) >= 11 is 0. The predicted molar refractivity (Wildman–Crippen MR) is 96.3 cm³/mol. The summed E-state index contributed by atoms with van der Waals surface area (Å²) < 4.78 is 0. The van der Waals surface area contributed by atoms with E-state index in [9.17, 15) is 4.79 Å². The number of hydrogen-bond donors (Lipinski definition) is 2. The van der Waals surface area contributed by atoms with E-state index in [4.69, 9.17) is 0 Å². The molecule has 1 aromatic carbocycles. The van der Waals surface area contributed by atoms with Crippen LogP contribution < -0.4 is 10.6 Å². The van der Waals surface area contributed by atoms with Crippen molar-refractivity contribution in [1.29, 1.82) is 0 Å². The molecule has 1 fully saturated rings. The third-order valence-corrected chi connectivity index (χ3v) is 4.03. The minimum atomic E-state index is -0.0334. The first-order valence-electron chi connectivity index (χ1n) is 7.45. The van der Waals surface area contributed by atoms with Gasteiger partial charge in [-0.3, -0.25) is 9.69 Å². The van der Waals surface area contributed by atoms with E-state index in [0.29, 0.717) is 6.54 Å². The van der Waals surface area contributed by atoms with E-state index in [0.717, 1.165) is 32.6 Å². The van der Waals surface area contributed by atoms with Crippen LogP contribution >= 0.6 is 24.8 Å². The van der Waals surface area contributed by atoms with Crippen LogP contribution in [0.5, 0.6) is 0 Å². The summed E-state index contributed by atoms with van der Waals surface area (Å²) in [5, 5.41) is 6.36. The average molecular weight is 348 g/mol. The van der Waals surface area contributed by atoms with Crippen LogP contribution in [0.25, 0.3) is 0 Å². The Hall–Kier alpha value is -0.810. The minimum Gasteiger partial charge on any atom is -0.354 e. The first-order chi connectivity index (χ1) is 9.68. The number of piperazine rings is 1. The highest BCUT2D eigenvalue weighted by Gasteiger charge is 2.22. The number of carbonyl (C=O) groups excluding carboxylic acids is 1. The van der Waals surface area contributed by atoms with Crippen molar-refractivity contribution in [2.24, 2.45) is 0 Å². The zero-order valence-corrected chi connectivity index (χ0v) is 14.9. The lowest BCUT2D eigenvalue weighted by Crippen LogP contribution is -2.52. The molecule has 1 amide bonds. The molecule has 1 saturated heterocycles. The molecule has 0 radical (unpaired) electrons. The molecule has 0 bridgehead atoms. The van der Waals surface area contributed by atoms with E-state index < -0.39 is 0 Å². The number of nitrogens with one attached hydrogen (secondary N) is 2. The smallest absolute Gasteiger partial charge is 0.237 e. The van der Waals surface area contributed by atoms with Crippen molar-refractivity contribution < 1.29 is 4.79 Å². The third kappa shape index (κ3) is 6.13. The maximum atomic E-state index is 12.1. The van der Waals surface area contributed by atoms with Crippen molar-refractivity contribution in [3.63, 3.8) is 0 Å². The number of benzene rings is 1. The molecule has 126 valence electrons. The molecule has 0 spiro atoms. The second-order valence-corrected chi connectivity index (χ2v) is 5.43. The molecule has 0 aromatic heterocycles. The van der Waals surface area contributed by atoms with Crippen molar-refractivity contribution in [3.8, 4) is 0 Å². The molecule has 1 unspecified atom stereocenters. The molecular weight excluding hydrogens is 321 g/mol. The van der Waals surface area contributed by atoms with Crippen LogP contribution in [0.1, 0.15) is 18.1 Å². The Kier molecular flexibility index (Phi) is 10.4. The van der Waals surface area contributed by atoms with Crippen molar-refractivity contribution in [2.75, 3.05) is 32.7 Å². The summed E-state index contributed by atoms with van der Waals surface area (Å²) in [6, 6.07) is 8.30. The second-order valence-electron chi connectivity index (χ2n) is 5.43. The highest BCUT2D eigenvalue weighted by Crippen LogP contribution is 2.07. The molecule has 0 aliphatic carbocycles. The van der Waals surface area contributed by atoms with Gasteiger partial charge in [0.15, 0.2) is 0 Å². The van der Waals surface area contributed by atoms with Crippen LogP contribution in [0.4, 0.5) is 0 Å². The Labute approximate surface area is 145 Å². The van der Waals surface area contributed by atoms with Gasteiger partial charge in [0.05, 0.1) is 6.04 Å². The number of hydrogen-bond acceptors (Lipinski definition) is 3. The second kappa shape index (κ2) is 10.8. The van der Waals surface area contributed by atoms with Gasteiger partial charge in [0, 0.05) is 32.7 Å². The molecule has 1 aliphatic rings. The Morgan fingerprint density at radius 3 is 2.55 bits per heavy atom. The average Bonchev–Trinajstić information content (AvgIpc) is 2.49. The van der Waals surface area contributed by atoms with Crippen LogP contribution in [0.15, 0.2) is 24.3 Å². The van der Waals surface area contributed by atoms with Crippen LogP contribution in [-0.2, 0) is 11.2 Å². The highest BCUT2D eigenvalue weighted by atomic mass is 35.5. The molecule has 1 aromatic rings. The lowest BCUT2D eigenvalue weighted by molar-refractivity contribution is -0.126. The van der Waals surface area contributed by atoms with Crippen LogP contribution in [0.2, 0.25) is 0 Å². The maximum Gasteiger partial charge on any atom is 0.237 e. The molecule has 1 aliphatic heterocycles. The van der Waals surface area contributed by atoms with E-state index in [2.05, 4.69) is 34.6 Å². The molecular formula is C16H27Cl2N3O. The molecule has 0 saturated carbocycles. The molecule has 1 heterocycles. The highest BCUT2D eigenvalue weighted by molar-refractivity contribution is 5.85. The molecule has 22 heavy (non-hydrogen) atoms. The lowest BCUT2D eigenvalue weighted by Gasteiger charge is -2.31. The first kappa shape index (κ1) is 21.2. The standard InChI is InChI=1S/C16H25N3O.2ClH/c1-13-5-3-4-6-15(13)7-8-18-16(20)14(2)19-11-9-17-10-12-19;;/h3-6,14,17H,7-12H2,1-2H3,(H,18,20);2*1H. The normalized spacial score (nSPS) is 16.1. The topological polar surface area (TPSA) is 44.4 Å². The van der Waals surface area contributed by atoms with Crippen LogP contribution in [0, 0.1) is 6.92 Å². The summed E-state index contributed by atoms with van der Waals surface area (Å²) in [5.41, 5.74) is 2.60. The van der Waals surface area contributed by atoms with Gasteiger partial charge in [-0.2, -0.15) is 0 Å². The maximum absolute atomic E-state index is 12.1. The largest absolute Gasteiger partial charge is 0.354 e. The Balaban J connectivity index is 0.00000220. The zero-order chi connectivity index (χ0) is 14.4. The summed E-state index contributed by atoms with van der Waals surface area (Å²) in [5.74, 6) is 0.139. The summed E-state index contributed by atoms with van der Waals surface area (Å²) in [7, 11) is 0. The lowest BCUT2D eigenvalue weighted by atomic mass is 10.1. The summed E-state index contributed by atoms with van der Waals surface area (Å²) in [4.78, 5) is 14.4. The van der Waals surface area contributed by atoms with Gasteiger partial charge in [-0.1, -0.05) is 24.3 Å². The summed E-state index contributed by atoms with van der Waals surface area (Å²) in [6.07, 6.45) is 0.896. The van der Waals surface area contributed by atoms with Gasteiger partial charge in [0.25, 0.3) is 0 Å². The van der Waals surface area contributed by atoms with Gasteiger partial charge >= 0.3 is 0 Å². The fourth-order valence-electron chi connectivity index (χ4n) is 2.59. The van der Waals surface area contributed by atoms with E-state index in [1.54, 1.807) is 0 Å². The number of rotatable bonds is 5. The van der Waals surface area contributed by atoms with Crippen molar-refractivity contribution in [2.45, 2.75) is 26.3 Å². The van der Waals surface area contributed by atoms with Crippen LogP contribution in [-0.4, -0.2) is 49.6 Å². The minimum absolute atomic E-state index is 0. The van der Waals surface area contributed by atoms with E-state index in [-0.39, 0.29) is 36.8 Å². The van der Waals surface area contributed by atoms with E-state index >= 15 is 0 Å². The van der Waals surface area contributed by atoms with Gasteiger partial charge in [0.1, 0.15) is 0 Å². The monoisotopic (exact) mass is 347 g/mol. The zero-order valence-electron chi connectivity index (χ0n) is 13.3. The third-order valence-electron chi connectivity index (χ3n) is 4.03. The molecule has 1 atom stereocenters. The van der Waals surface area contributed by atoms with Gasteiger partial charge in [-0.25, -0.2) is 0 Å².